The SMILES string of the molecule is CC(C)(C)c1cc(NC(=O)Nc2ccc3[nH]ccc3c2)n(-c2ccc(S(=O)(=O)Nc3ccccc3)cc2)n1. The minimum atomic E-state index is -3.77. The van der Waals surface area contributed by atoms with Crippen molar-refractivity contribution in [2.75, 3.05) is 15.4 Å². The lowest BCUT2D eigenvalue weighted by molar-refractivity contribution is 0.262. The van der Waals surface area contributed by atoms with Gasteiger partial charge in [0.1, 0.15) is 5.82 Å². The number of amides is 2. The Labute approximate surface area is 220 Å². The quantitative estimate of drug-likeness (QED) is 0.213. The van der Waals surface area contributed by atoms with Crippen LogP contribution < -0.4 is 15.4 Å². The number of aromatic nitrogens is 3. The molecular formula is C28H28N6O3S. The number of benzene rings is 3. The van der Waals surface area contributed by atoms with Crippen molar-refractivity contribution < 1.29 is 13.2 Å². The van der Waals surface area contributed by atoms with Crippen LogP contribution in [0.4, 0.5) is 22.0 Å². The van der Waals surface area contributed by atoms with Crippen LogP contribution in [0.15, 0.2) is 96.0 Å². The number of urea groups is 1. The van der Waals surface area contributed by atoms with Crippen molar-refractivity contribution in [2.45, 2.75) is 31.1 Å². The van der Waals surface area contributed by atoms with Crippen LogP contribution in [-0.4, -0.2) is 29.2 Å². The fraction of sp³-hybridized carbons (Fsp3) is 0.143. The molecule has 38 heavy (non-hydrogen) atoms. The standard InChI is InChI=1S/C28H28N6O3S/c1-28(2,3)25-18-26(31-27(35)30-21-9-14-24-19(17-21)15-16-29-24)34(32-25)22-10-12-23(13-11-22)38(36,37)33-20-7-5-4-6-8-20/h4-18,29,33H,1-3H3,(H2,30,31,35). The highest BCUT2D eigenvalue weighted by Crippen LogP contribution is 2.27. The third-order valence-corrected chi connectivity index (χ3v) is 7.35. The molecule has 0 aliphatic rings. The predicted molar refractivity (Wildman–Crippen MR) is 150 cm³/mol. The molecule has 2 amide bonds. The first-order valence-corrected chi connectivity index (χ1v) is 13.5. The van der Waals surface area contributed by atoms with Crippen LogP contribution in [0.3, 0.4) is 0 Å². The fourth-order valence-electron chi connectivity index (χ4n) is 3.93. The first-order chi connectivity index (χ1) is 18.1. The third-order valence-electron chi connectivity index (χ3n) is 5.95. The predicted octanol–water partition coefficient (Wildman–Crippen LogP) is 6.10. The number of rotatable bonds is 6. The number of carbonyl (C=O) groups excluding carboxylic acids is 1. The van der Waals surface area contributed by atoms with Crippen molar-refractivity contribution in [2.24, 2.45) is 0 Å². The van der Waals surface area contributed by atoms with Crippen molar-refractivity contribution in [3.63, 3.8) is 0 Å². The maximum absolute atomic E-state index is 12.9. The molecule has 0 atom stereocenters. The van der Waals surface area contributed by atoms with E-state index in [9.17, 15) is 13.2 Å². The summed E-state index contributed by atoms with van der Waals surface area (Å²) in [4.78, 5) is 16.1. The van der Waals surface area contributed by atoms with Gasteiger partial charge in [0.25, 0.3) is 10.0 Å². The summed E-state index contributed by atoms with van der Waals surface area (Å²) in [6, 6.07) is 23.9. The average Bonchev–Trinajstić information content (AvgIpc) is 3.51. The first-order valence-electron chi connectivity index (χ1n) is 12.0. The summed E-state index contributed by atoms with van der Waals surface area (Å²) in [6.07, 6.45) is 1.84. The second-order valence-corrected chi connectivity index (χ2v) is 11.6. The summed E-state index contributed by atoms with van der Waals surface area (Å²) < 4.78 is 29.8. The molecule has 0 saturated carbocycles. The molecule has 0 spiro atoms. The topological polar surface area (TPSA) is 121 Å². The highest BCUT2D eigenvalue weighted by atomic mass is 32.2. The number of H-pyrrole nitrogens is 1. The van der Waals surface area contributed by atoms with Crippen LogP contribution >= 0.6 is 0 Å². The smallest absolute Gasteiger partial charge is 0.324 e. The van der Waals surface area contributed by atoms with Crippen LogP contribution in [0.25, 0.3) is 16.6 Å². The van der Waals surface area contributed by atoms with Gasteiger partial charge in [0, 0.05) is 40.0 Å². The number of hydrogen-bond acceptors (Lipinski definition) is 4. The van der Waals surface area contributed by atoms with Crippen LogP contribution in [0.2, 0.25) is 0 Å². The van der Waals surface area contributed by atoms with Gasteiger partial charge >= 0.3 is 6.03 Å². The zero-order valence-electron chi connectivity index (χ0n) is 21.2. The van der Waals surface area contributed by atoms with E-state index in [0.29, 0.717) is 22.9 Å². The molecule has 4 N–H and O–H groups in total. The summed E-state index contributed by atoms with van der Waals surface area (Å²) in [5, 5.41) is 11.4. The largest absolute Gasteiger partial charge is 0.361 e. The van der Waals surface area contributed by atoms with Crippen molar-refractivity contribution >= 4 is 44.1 Å². The zero-order valence-corrected chi connectivity index (χ0v) is 22.0. The molecule has 0 unspecified atom stereocenters. The van der Waals surface area contributed by atoms with Crippen molar-refractivity contribution in [3.8, 4) is 5.69 Å². The molecule has 0 bridgehead atoms. The van der Waals surface area contributed by atoms with Crippen molar-refractivity contribution in [3.05, 3.63) is 96.8 Å². The fourth-order valence-corrected chi connectivity index (χ4v) is 4.99. The van der Waals surface area contributed by atoms with Gasteiger partial charge in [0.05, 0.1) is 16.3 Å². The lowest BCUT2D eigenvalue weighted by Crippen LogP contribution is -2.21. The Bertz CT molecular complexity index is 1700. The number of hydrogen-bond donors (Lipinski definition) is 4. The number of anilines is 3. The molecule has 5 rings (SSSR count). The zero-order chi connectivity index (χ0) is 26.9. The van der Waals surface area contributed by atoms with Gasteiger partial charge in [0.2, 0.25) is 0 Å². The number of sulfonamides is 1. The maximum atomic E-state index is 12.9. The molecule has 5 aromatic rings. The molecule has 2 aromatic heterocycles. The van der Waals surface area contributed by atoms with Crippen molar-refractivity contribution in [1.82, 2.24) is 14.8 Å². The summed E-state index contributed by atoms with van der Waals surface area (Å²) in [7, 11) is -3.77. The molecule has 0 saturated heterocycles. The molecule has 0 aliphatic carbocycles. The van der Waals surface area contributed by atoms with E-state index in [1.54, 1.807) is 41.1 Å². The third kappa shape index (κ3) is 5.40. The Morgan fingerprint density at radius 1 is 0.868 bits per heavy atom. The highest BCUT2D eigenvalue weighted by Gasteiger charge is 2.22. The Morgan fingerprint density at radius 2 is 1.61 bits per heavy atom. The number of nitrogens with one attached hydrogen (secondary N) is 4. The van der Waals surface area contributed by atoms with E-state index in [1.807, 2.05) is 63.4 Å². The molecule has 9 nitrogen and oxygen atoms in total. The second-order valence-electron chi connectivity index (χ2n) is 9.90. The number of carbonyl (C=O) groups is 1. The lowest BCUT2D eigenvalue weighted by atomic mass is 9.92. The summed E-state index contributed by atoms with van der Waals surface area (Å²) in [5.74, 6) is 0.452. The van der Waals surface area contributed by atoms with Gasteiger partial charge in [-0.2, -0.15) is 5.10 Å². The van der Waals surface area contributed by atoms with Gasteiger partial charge in [-0.3, -0.25) is 10.0 Å². The molecular weight excluding hydrogens is 500 g/mol. The van der Waals surface area contributed by atoms with Crippen LogP contribution in [-0.2, 0) is 15.4 Å². The molecule has 194 valence electrons. The second kappa shape index (κ2) is 9.71. The van der Waals surface area contributed by atoms with E-state index in [1.165, 1.54) is 12.1 Å². The van der Waals surface area contributed by atoms with E-state index in [-0.39, 0.29) is 10.3 Å². The molecule has 0 radical (unpaired) electrons. The van der Waals surface area contributed by atoms with Gasteiger partial charge in [0.15, 0.2) is 0 Å². The van der Waals surface area contributed by atoms with Crippen LogP contribution in [0, 0.1) is 0 Å². The van der Waals surface area contributed by atoms with E-state index < -0.39 is 16.1 Å². The van der Waals surface area contributed by atoms with E-state index in [2.05, 4.69) is 20.3 Å². The summed E-state index contributed by atoms with van der Waals surface area (Å²) in [5.41, 5.74) is 3.20. The lowest BCUT2D eigenvalue weighted by Gasteiger charge is -2.14. The maximum Gasteiger partial charge on any atom is 0.324 e. The minimum absolute atomic E-state index is 0.112. The van der Waals surface area contributed by atoms with Crippen LogP contribution in [0.1, 0.15) is 26.5 Å². The van der Waals surface area contributed by atoms with Crippen molar-refractivity contribution in [1.29, 1.82) is 0 Å². The number of fused-ring (bicyclic) bond motifs is 1. The monoisotopic (exact) mass is 528 g/mol. The Balaban J connectivity index is 1.40. The summed E-state index contributed by atoms with van der Waals surface area (Å²) in [6.45, 7) is 6.08. The molecule has 3 aromatic carbocycles. The van der Waals surface area contributed by atoms with Gasteiger partial charge in [-0.05, 0) is 60.7 Å². The molecule has 0 aliphatic heterocycles. The average molecular weight is 529 g/mol. The van der Waals surface area contributed by atoms with Gasteiger partial charge < -0.3 is 10.3 Å². The van der Waals surface area contributed by atoms with Crippen LogP contribution in [0.5, 0.6) is 0 Å². The first kappa shape index (κ1) is 25.1. The van der Waals surface area contributed by atoms with Gasteiger partial charge in [-0.1, -0.05) is 39.0 Å². The number of aromatic amines is 1. The molecule has 10 heteroatoms. The molecule has 0 fully saturated rings. The Morgan fingerprint density at radius 3 is 2.32 bits per heavy atom. The number of nitrogens with zero attached hydrogens (tertiary/aromatic N) is 2. The van der Waals surface area contributed by atoms with Gasteiger partial charge in [-0.25, -0.2) is 17.9 Å². The normalized spacial score (nSPS) is 11.9. The molecule has 2 heterocycles. The van der Waals surface area contributed by atoms with Gasteiger partial charge in [-0.15, -0.1) is 0 Å². The van der Waals surface area contributed by atoms with E-state index >= 15 is 0 Å². The Hall–Kier alpha value is -4.57. The van der Waals surface area contributed by atoms with E-state index in [4.69, 9.17) is 5.10 Å². The highest BCUT2D eigenvalue weighted by molar-refractivity contribution is 7.92. The minimum Gasteiger partial charge on any atom is -0.361 e. The Kier molecular flexibility index (Phi) is 6.41. The van der Waals surface area contributed by atoms with E-state index in [0.717, 1.165) is 16.6 Å². The number of para-hydroxylation sites is 1. The summed E-state index contributed by atoms with van der Waals surface area (Å²) >= 11 is 0.